The molecule has 0 radical (unpaired) electrons. The van der Waals surface area contributed by atoms with E-state index in [1.54, 1.807) is 13.8 Å². The van der Waals surface area contributed by atoms with E-state index in [9.17, 15) is 9.36 Å². The third-order valence-corrected chi connectivity index (χ3v) is 2.96. The van der Waals surface area contributed by atoms with E-state index in [4.69, 9.17) is 9.05 Å². The Balaban J connectivity index is 4.43. The summed E-state index contributed by atoms with van der Waals surface area (Å²) >= 11 is 0. The van der Waals surface area contributed by atoms with Crippen LogP contribution >= 0.6 is 7.60 Å². The van der Waals surface area contributed by atoms with Gasteiger partial charge in [-0.1, -0.05) is 0 Å². The van der Waals surface area contributed by atoms with Gasteiger partial charge in [-0.05, 0) is 13.8 Å². The maximum absolute atomic E-state index is 11.7. The van der Waals surface area contributed by atoms with E-state index in [1.807, 2.05) is 0 Å². The van der Waals surface area contributed by atoms with Crippen molar-refractivity contribution in [2.24, 2.45) is 0 Å². The molecule has 0 saturated carbocycles. The molecule has 0 unspecified atom stereocenters. The molecule has 0 aliphatic carbocycles. The number of hydrogen-bond acceptors (Lipinski definition) is 5. The Morgan fingerprint density at radius 3 is 2.14 bits per heavy atom. The number of esters is 1. The molecule has 0 fully saturated rings. The maximum atomic E-state index is 11.7. The second kappa shape index (κ2) is 6.76. The number of carbonyl (C=O) groups is 1. The number of ether oxygens (including phenoxy) is 1. The van der Waals surface area contributed by atoms with Crippen molar-refractivity contribution < 1.29 is 23.1 Å². The topological polar surface area (TPSA) is 61.8 Å². The van der Waals surface area contributed by atoms with Gasteiger partial charge in [0.1, 0.15) is 0 Å². The highest BCUT2D eigenvalue weighted by molar-refractivity contribution is 7.57. The van der Waals surface area contributed by atoms with Crippen LogP contribution in [0.2, 0.25) is 0 Å². The van der Waals surface area contributed by atoms with Crippen LogP contribution in [0.1, 0.15) is 13.8 Å². The van der Waals surface area contributed by atoms with Gasteiger partial charge in [-0.2, -0.15) is 0 Å². The molecule has 0 saturated heterocycles. The molecule has 6 heteroatoms. The van der Waals surface area contributed by atoms with Crippen LogP contribution in [0.5, 0.6) is 0 Å². The molecular formula is C8H15O5P. The van der Waals surface area contributed by atoms with Crippen LogP contribution < -0.4 is 0 Å². The first kappa shape index (κ1) is 13.4. The zero-order chi connectivity index (χ0) is 11.0. The summed E-state index contributed by atoms with van der Waals surface area (Å²) in [4.78, 5) is 10.7. The van der Waals surface area contributed by atoms with Crippen LogP contribution in [0.25, 0.3) is 0 Å². The average Bonchev–Trinajstić information content (AvgIpc) is 2.15. The van der Waals surface area contributed by atoms with Crippen molar-refractivity contribution in [2.75, 3.05) is 20.3 Å². The lowest BCUT2D eigenvalue weighted by molar-refractivity contribution is -0.134. The van der Waals surface area contributed by atoms with Gasteiger partial charge in [0.05, 0.1) is 20.3 Å². The molecule has 82 valence electrons. The second-order valence-corrected chi connectivity index (χ2v) is 4.11. The van der Waals surface area contributed by atoms with Crippen molar-refractivity contribution in [3.63, 3.8) is 0 Å². The first-order valence-electron chi connectivity index (χ1n) is 4.24. The third-order valence-electron chi connectivity index (χ3n) is 1.21. The van der Waals surface area contributed by atoms with Crippen LogP contribution in [0.4, 0.5) is 0 Å². The zero-order valence-corrected chi connectivity index (χ0v) is 9.45. The maximum Gasteiger partial charge on any atom is 0.354 e. The predicted molar refractivity (Wildman–Crippen MR) is 52.0 cm³/mol. The van der Waals surface area contributed by atoms with Gasteiger partial charge < -0.3 is 13.8 Å². The summed E-state index contributed by atoms with van der Waals surface area (Å²) in [5, 5.41) is 0. The highest BCUT2D eigenvalue weighted by Gasteiger charge is 2.19. The van der Waals surface area contributed by atoms with Crippen LogP contribution in [0, 0.1) is 0 Å². The van der Waals surface area contributed by atoms with E-state index in [1.165, 1.54) is 7.11 Å². The van der Waals surface area contributed by atoms with Crippen molar-refractivity contribution in [3.8, 4) is 0 Å². The standard InChI is InChI=1S/C8H15O5P/c1-4-12-14(10,13-5-2)7-6-8(9)11-3/h6-7H,4-5H2,1-3H3/b7-6-. The molecule has 0 aliphatic heterocycles. The number of hydrogen-bond donors (Lipinski definition) is 0. The molecular weight excluding hydrogens is 207 g/mol. The van der Waals surface area contributed by atoms with Crippen molar-refractivity contribution in [1.29, 1.82) is 0 Å². The van der Waals surface area contributed by atoms with Gasteiger partial charge in [0.2, 0.25) is 0 Å². The van der Waals surface area contributed by atoms with Crippen molar-refractivity contribution in [2.45, 2.75) is 13.8 Å². The zero-order valence-electron chi connectivity index (χ0n) is 8.56. The van der Waals surface area contributed by atoms with Crippen LogP contribution in [-0.4, -0.2) is 26.3 Å². The van der Waals surface area contributed by atoms with E-state index in [0.717, 1.165) is 11.9 Å². The minimum atomic E-state index is -3.27. The Labute approximate surface area is 83.6 Å². The SMILES string of the molecule is CCOP(=O)(/C=C\C(=O)OC)OCC. The molecule has 0 amide bonds. The van der Waals surface area contributed by atoms with Gasteiger partial charge in [0, 0.05) is 11.9 Å². The van der Waals surface area contributed by atoms with E-state index < -0.39 is 13.6 Å². The summed E-state index contributed by atoms with van der Waals surface area (Å²) in [6, 6.07) is 0. The van der Waals surface area contributed by atoms with Gasteiger partial charge >= 0.3 is 13.6 Å². The van der Waals surface area contributed by atoms with Crippen LogP contribution in [0.3, 0.4) is 0 Å². The van der Waals surface area contributed by atoms with Crippen molar-refractivity contribution in [1.82, 2.24) is 0 Å². The van der Waals surface area contributed by atoms with E-state index in [2.05, 4.69) is 4.74 Å². The largest absolute Gasteiger partial charge is 0.466 e. The van der Waals surface area contributed by atoms with E-state index >= 15 is 0 Å². The molecule has 0 aliphatic rings. The van der Waals surface area contributed by atoms with Crippen molar-refractivity contribution >= 4 is 13.6 Å². The average molecular weight is 222 g/mol. The molecule has 14 heavy (non-hydrogen) atoms. The number of methoxy groups -OCH3 is 1. The Hall–Kier alpha value is -0.640. The van der Waals surface area contributed by atoms with Crippen LogP contribution in [0.15, 0.2) is 11.9 Å². The van der Waals surface area contributed by atoms with Gasteiger partial charge in [-0.15, -0.1) is 0 Å². The minimum absolute atomic E-state index is 0.253. The predicted octanol–water partition coefficient (Wildman–Crippen LogP) is 1.94. The summed E-state index contributed by atoms with van der Waals surface area (Å²) < 4.78 is 25.8. The summed E-state index contributed by atoms with van der Waals surface area (Å²) in [6.45, 7) is 3.89. The first-order valence-corrected chi connectivity index (χ1v) is 5.85. The Morgan fingerprint density at radius 1 is 1.29 bits per heavy atom. The highest BCUT2D eigenvalue weighted by atomic mass is 31.2. The van der Waals surface area contributed by atoms with E-state index in [0.29, 0.717) is 0 Å². The highest BCUT2D eigenvalue weighted by Crippen LogP contribution is 2.49. The van der Waals surface area contributed by atoms with Crippen LogP contribution in [-0.2, 0) is 23.1 Å². The summed E-state index contributed by atoms with van der Waals surface area (Å²) in [6.07, 6.45) is 1.03. The molecule has 0 rings (SSSR count). The van der Waals surface area contributed by atoms with E-state index in [-0.39, 0.29) is 13.2 Å². The molecule has 0 N–H and O–H groups in total. The number of carbonyl (C=O) groups excluding carboxylic acids is 1. The fourth-order valence-corrected chi connectivity index (χ4v) is 1.97. The lowest BCUT2D eigenvalue weighted by atomic mass is 10.7. The molecule has 0 aromatic heterocycles. The van der Waals surface area contributed by atoms with Crippen molar-refractivity contribution in [3.05, 3.63) is 11.9 Å². The normalized spacial score (nSPS) is 11.9. The summed E-state index contributed by atoms with van der Waals surface area (Å²) in [7, 11) is -2.03. The quantitative estimate of drug-likeness (QED) is 0.390. The Bertz CT molecular complexity index is 238. The molecule has 0 spiro atoms. The molecule has 0 atom stereocenters. The summed E-state index contributed by atoms with van der Waals surface area (Å²) in [5.41, 5.74) is 0. The lowest BCUT2D eigenvalue weighted by Gasteiger charge is -2.11. The molecule has 0 aromatic rings. The Morgan fingerprint density at radius 2 is 1.79 bits per heavy atom. The van der Waals surface area contributed by atoms with Gasteiger partial charge in [-0.25, -0.2) is 4.79 Å². The molecule has 0 heterocycles. The fourth-order valence-electron chi connectivity index (χ4n) is 0.703. The molecule has 5 nitrogen and oxygen atoms in total. The first-order chi connectivity index (χ1) is 6.58. The minimum Gasteiger partial charge on any atom is -0.466 e. The monoisotopic (exact) mass is 222 g/mol. The lowest BCUT2D eigenvalue weighted by Crippen LogP contribution is -1.96. The van der Waals surface area contributed by atoms with Gasteiger partial charge in [0.25, 0.3) is 0 Å². The van der Waals surface area contributed by atoms with Gasteiger partial charge in [-0.3, -0.25) is 4.57 Å². The smallest absolute Gasteiger partial charge is 0.354 e. The third kappa shape index (κ3) is 5.17. The van der Waals surface area contributed by atoms with Gasteiger partial charge in [0.15, 0.2) is 0 Å². The molecule has 0 aromatic carbocycles. The number of rotatable bonds is 6. The fraction of sp³-hybridized carbons (Fsp3) is 0.625. The summed E-state index contributed by atoms with van der Waals surface area (Å²) in [5.74, 6) is 0.510. The second-order valence-electron chi connectivity index (χ2n) is 2.21. The Kier molecular flexibility index (Phi) is 6.45. The molecule has 0 bridgehead atoms.